The summed E-state index contributed by atoms with van der Waals surface area (Å²) in [6, 6.07) is 13.4. The van der Waals surface area contributed by atoms with E-state index in [2.05, 4.69) is 10.2 Å². The number of nitrogens with one attached hydrogen (secondary N) is 1. The highest BCUT2D eigenvalue weighted by atomic mass is 35.5. The predicted molar refractivity (Wildman–Crippen MR) is 108 cm³/mol. The average molecular weight is 403 g/mol. The Morgan fingerprint density at radius 2 is 1.27 bits per heavy atom. The number of hydrogen-bond acceptors (Lipinski definition) is 2. The highest BCUT2D eigenvalue weighted by molar-refractivity contribution is 5.85. The Labute approximate surface area is 166 Å². The minimum absolute atomic E-state index is 0. The van der Waals surface area contributed by atoms with E-state index in [0.29, 0.717) is 0 Å². The zero-order valence-electron chi connectivity index (χ0n) is 14.7. The summed E-state index contributed by atoms with van der Waals surface area (Å²) in [7, 11) is 0. The van der Waals surface area contributed by atoms with Crippen LogP contribution in [0.25, 0.3) is 0 Å². The summed E-state index contributed by atoms with van der Waals surface area (Å²) < 4.78 is 26.5. The molecule has 2 aromatic rings. The third-order valence-corrected chi connectivity index (χ3v) is 4.72. The van der Waals surface area contributed by atoms with Crippen molar-refractivity contribution in [3.05, 3.63) is 71.3 Å². The van der Waals surface area contributed by atoms with Crippen molar-refractivity contribution in [3.63, 3.8) is 0 Å². The van der Waals surface area contributed by atoms with E-state index >= 15 is 0 Å². The molecule has 1 N–H and O–H groups in total. The van der Waals surface area contributed by atoms with Gasteiger partial charge in [0.1, 0.15) is 11.6 Å². The quantitative estimate of drug-likeness (QED) is 0.757. The third kappa shape index (κ3) is 6.51. The molecule has 0 aromatic heterocycles. The SMILES string of the molecule is Cl.Cl.Fc1ccc(C(CCCN2CCNCC2)c2ccc(F)cc2)cc1. The maximum atomic E-state index is 13.2. The Morgan fingerprint density at radius 1 is 0.808 bits per heavy atom. The van der Waals surface area contributed by atoms with E-state index in [1.165, 1.54) is 24.3 Å². The summed E-state index contributed by atoms with van der Waals surface area (Å²) in [6.45, 7) is 5.37. The van der Waals surface area contributed by atoms with Gasteiger partial charge in [-0.3, -0.25) is 0 Å². The number of nitrogens with zero attached hydrogens (tertiary/aromatic N) is 1. The summed E-state index contributed by atoms with van der Waals surface area (Å²) in [5.41, 5.74) is 2.17. The smallest absolute Gasteiger partial charge is 0.123 e. The molecule has 1 heterocycles. The number of piperazine rings is 1. The molecule has 0 radical (unpaired) electrons. The van der Waals surface area contributed by atoms with Gasteiger partial charge in [-0.25, -0.2) is 8.78 Å². The molecule has 0 atom stereocenters. The lowest BCUT2D eigenvalue weighted by atomic mass is 9.87. The lowest BCUT2D eigenvalue weighted by Crippen LogP contribution is -2.43. The van der Waals surface area contributed by atoms with Crippen molar-refractivity contribution in [2.24, 2.45) is 0 Å². The molecule has 3 rings (SSSR count). The van der Waals surface area contributed by atoms with E-state index in [0.717, 1.165) is 56.7 Å². The molecule has 1 fully saturated rings. The number of benzene rings is 2. The summed E-state index contributed by atoms with van der Waals surface area (Å²) in [4.78, 5) is 2.48. The molecule has 1 saturated heterocycles. The van der Waals surface area contributed by atoms with E-state index in [1.54, 1.807) is 0 Å². The lowest BCUT2D eigenvalue weighted by molar-refractivity contribution is 0.235. The van der Waals surface area contributed by atoms with Gasteiger partial charge in [0, 0.05) is 32.1 Å². The second-order valence-corrected chi connectivity index (χ2v) is 6.39. The van der Waals surface area contributed by atoms with Gasteiger partial charge < -0.3 is 10.2 Å². The van der Waals surface area contributed by atoms with E-state index in [-0.39, 0.29) is 42.4 Å². The molecule has 0 spiro atoms. The molecule has 2 nitrogen and oxygen atoms in total. The Balaban J connectivity index is 0.00000169. The summed E-state index contributed by atoms with van der Waals surface area (Å²) in [5.74, 6) is -0.274. The fourth-order valence-corrected chi connectivity index (χ4v) is 3.37. The standard InChI is InChI=1S/C20H24F2N2.2ClH/c21-18-7-3-16(4-8-18)20(17-5-9-19(22)10-6-17)2-1-13-24-14-11-23-12-15-24;;/h3-10,20,23H,1-2,11-15H2;2*1H. The van der Waals surface area contributed by atoms with Gasteiger partial charge in [0.2, 0.25) is 0 Å². The van der Waals surface area contributed by atoms with Crippen LogP contribution < -0.4 is 5.32 Å². The largest absolute Gasteiger partial charge is 0.314 e. The van der Waals surface area contributed by atoms with E-state index < -0.39 is 0 Å². The van der Waals surface area contributed by atoms with Crippen molar-refractivity contribution in [1.29, 1.82) is 0 Å². The molecule has 0 unspecified atom stereocenters. The van der Waals surface area contributed by atoms with Crippen LogP contribution in [0.4, 0.5) is 8.78 Å². The maximum Gasteiger partial charge on any atom is 0.123 e. The lowest BCUT2D eigenvalue weighted by Gasteiger charge is -2.28. The van der Waals surface area contributed by atoms with E-state index in [1.807, 2.05) is 24.3 Å². The van der Waals surface area contributed by atoms with Gasteiger partial charge in [-0.15, -0.1) is 24.8 Å². The van der Waals surface area contributed by atoms with Gasteiger partial charge in [-0.2, -0.15) is 0 Å². The predicted octanol–water partition coefficient (Wildman–Crippen LogP) is 4.63. The molecule has 26 heavy (non-hydrogen) atoms. The van der Waals surface area contributed by atoms with Crippen LogP contribution in [0.2, 0.25) is 0 Å². The summed E-state index contributed by atoms with van der Waals surface area (Å²) >= 11 is 0. The Kier molecular flexibility index (Phi) is 10.1. The Hall–Kier alpha value is -1.20. The van der Waals surface area contributed by atoms with Crippen molar-refractivity contribution in [2.45, 2.75) is 18.8 Å². The third-order valence-electron chi connectivity index (χ3n) is 4.72. The number of hydrogen-bond donors (Lipinski definition) is 1. The first-order valence-corrected chi connectivity index (χ1v) is 8.66. The molecule has 0 amide bonds. The molecule has 0 bridgehead atoms. The molecule has 1 aliphatic rings. The van der Waals surface area contributed by atoms with Gasteiger partial charge in [-0.1, -0.05) is 24.3 Å². The topological polar surface area (TPSA) is 15.3 Å². The maximum absolute atomic E-state index is 13.2. The zero-order chi connectivity index (χ0) is 16.8. The van der Waals surface area contributed by atoms with Gasteiger partial charge >= 0.3 is 0 Å². The molecule has 0 saturated carbocycles. The molecule has 6 heteroatoms. The molecule has 144 valence electrons. The fraction of sp³-hybridized carbons (Fsp3) is 0.400. The highest BCUT2D eigenvalue weighted by Crippen LogP contribution is 2.29. The van der Waals surface area contributed by atoms with Crippen molar-refractivity contribution < 1.29 is 8.78 Å². The van der Waals surface area contributed by atoms with E-state index in [4.69, 9.17) is 0 Å². The summed E-state index contributed by atoms with van der Waals surface area (Å²) in [5, 5.41) is 3.36. The van der Waals surface area contributed by atoms with Gasteiger partial charge in [-0.05, 0) is 54.8 Å². The molecule has 0 aliphatic carbocycles. The van der Waals surface area contributed by atoms with Crippen LogP contribution in [-0.2, 0) is 0 Å². The van der Waals surface area contributed by atoms with Crippen LogP contribution >= 0.6 is 24.8 Å². The van der Waals surface area contributed by atoms with Gasteiger partial charge in [0.15, 0.2) is 0 Å². The fourth-order valence-electron chi connectivity index (χ4n) is 3.37. The highest BCUT2D eigenvalue weighted by Gasteiger charge is 2.16. The van der Waals surface area contributed by atoms with Crippen molar-refractivity contribution in [1.82, 2.24) is 10.2 Å². The summed E-state index contributed by atoms with van der Waals surface area (Å²) in [6.07, 6.45) is 2.04. The Morgan fingerprint density at radius 3 is 1.73 bits per heavy atom. The number of rotatable bonds is 6. The average Bonchev–Trinajstić information content (AvgIpc) is 2.62. The van der Waals surface area contributed by atoms with Crippen LogP contribution in [-0.4, -0.2) is 37.6 Å². The van der Waals surface area contributed by atoms with Crippen molar-refractivity contribution in [2.75, 3.05) is 32.7 Å². The molecular formula is C20H26Cl2F2N2. The van der Waals surface area contributed by atoms with Crippen molar-refractivity contribution >= 4 is 24.8 Å². The van der Waals surface area contributed by atoms with Crippen LogP contribution in [0.3, 0.4) is 0 Å². The first-order valence-electron chi connectivity index (χ1n) is 8.66. The first kappa shape index (κ1) is 22.8. The molecular weight excluding hydrogens is 377 g/mol. The normalized spacial score (nSPS) is 14.6. The van der Waals surface area contributed by atoms with Crippen LogP contribution in [0.5, 0.6) is 0 Å². The molecule has 1 aliphatic heterocycles. The second-order valence-electron chi connectivity index (χ2n) is 6.39. The number of halogens is 4. The van der Waals surface area contributed by atoms with Crippen LogP contribution in [0.15, 0.2) is 48.5 Å². The van der Waals surface area contributed by atoms with Gasteiger partial charge in [0.25, 0.3) is 0 Å². The first-order chi connectivity index (χ1) is 11.7. The van der Waals surface area contributed by atoms with Crippen molar-refractivity contribution in [3.8, 4) is 0 Å². The van der Waals surface area contributed by atoms with E-state index in [9.17, 15) is 8.78 Å². The monoisotopic (exact) mass is 402 g/mol. The molecule has 2 aromatic carbocycles. The minimum Gasteiger partial charge on any atom is -0.314 e. The second kappa shape index (κ2) is 11.5. The van der Waals surface area contributed by atoms with Crippen LogP contribution in [0, 0.1) is 11.6 Å². The Bertz CT molecular complexity index is 584. The minimum atomic E-state index is -0.225. The zero-order valence-corrected chi connectivity index (χ0v) is 16.3. The van der Waals surface area contributed by atoms with Gasteiger partial charge in [0.05, 0.1) is 0 Å². The van der Waals surface area contributed by atoms with Crippen LogP contribution in [0.1, 0.15) is 29.9 Å².